The molecule has 2 heterocycles. The molecule has 9 heteroatoms. The van der Waals surface area contributed by atoms with Gasteiger partial charge in [0.2, 0.25) is 0 Å². The molecule has 0 bridgehead atoms. The minimum atomic E-state index is -4.87. The fraction of sp³-hybridized carbons (Fsp3) is 0.412. The number of morpholine rings is 1. The molecule has 0 saturated carbocycles. The van der Waals surface area contributed by atoms with Gasteiger partial charge in [-0.2, -0.15) is 18.3 Å². The minimum Gasteiger partial charge on any atom is -0.375 e. The highest BCUT2D eigenvalue weighted by atomic mass is 19.4. The molecule has 0 radical (unpaired) electrons. The number of hydrogen-bond donors (Lipinski definition) is 0. The molecule has 5 nitrogen and oxygen atoms in total. The van der Waals surface area contributed by atoms with E-state index in [0.29, 0.717) is 11.1 Å². The van der Waals surface area contributed by atoms with Gasteiger partial charge in [0, 0.05) is 13.1 Å². The third-order valence-corrected chi connectivity index (χ3v) is 4.23. The standard InChI is InChI=1S/C17H17F4N3O2/c1-2-11-10-23(7-8-26-11)16(25)12-9-22-24(15(12)17(19,20)21)14-6-4-3-5-13(14)18/h3-6,9,11H,2,7-8,10H2,1H3/t11-/m1/s1. The molecule has 1 fully saturated rings. The fourth-order valence-corrected chi connectivity index (χ4v) is 2.90. The molecule has 0 aliphatic carbocycles. The van der Waals surface area contributed by atoms with E-state index in [4.69, 9.17) is 4.74 Å². The second-order valence-corrected chi connectivity index (χ2v) is 5.92. The Hall–Kier alpha value is -2.42. The summed E-state index contributed by atoms with van der Waals surface area (Å²) in [6.45, 7) is 2.53. The van der Waals surface area contributed by atoms with Crippen LogP contribution in [0.2, 0.25) is 0 Å². The molecule has 3 rings (SSSR count). The Morgan fingerprint density at radius 2 is 2.08 bits per heavy atom. The number of para-hydroxylation sites is 1. The summed E-state index contributed by atoms with van der Waals surface area (Å²) in [5.74, 6) is -1.65. The van der Waals surface area contributed by atoms with Crippen molar-refractivity contribution in [2.45, 2.75) is 25.6 Å². The van der Waals surface area contributed by atoms with Crippen molar-refractivity contribution < 1.29 is 27.1 Å². The number of ether oxygens (including phenoxy) is 1. The summed E-state index contributed by atoms with van der Waals surface area (Å²) in [5, 5.41) is 3.65. The smallest absolute Gasteiger partial charge is 0.375 e. The van der Waals surface area contributed by atoms with Crippen molar-refractivity contribution >= 4 is 5.91 Å². The highest BCUT2D eigenvalue weighted by molar-refractivity contribution is 5.95. The van der Waals surface area contributed by atoms with Gasteiger partial charge in [-0.25, -0.2) is 9.07 Å². The van der Waals surface area contributed by atoms with Crippen LogP contribution in [0.15, 0.2) is 30.5 Å². The van der Waals surface area contributed by atoms with E-state index in [-0.39, 0.29) is 31.5 Å². The molecule has 0 unspecified atom stereocenters. The maximum atomic E-state index is 14.0. The Balaban J connectivity index is 2.03. The van der Waals surface area contributed by atoms with Crippen molar-refractivity contribution in [1.82, 2.24) is 14.7 Å². The number of nitrogens with zero attached hydrogens (tertiary/aromatic N) is 3. The van der Waals surface area contributed by atoms with Gasteiger partial charge < -0.3 is 9.64 Å². The normalized spacial score (nSPS) is 18.2. The maximum Gasteiger partial charge on any atom is 0.434 e. The summed E-state index contributed by atoms with van der Waals surface area (Å²) >= 11 is 0. The molecule has 1 aromatic heterocycles. The van der Waals surface area contributed by atoms with E-state index >= 15 is 0 Å². The minimum absolute atomic E-state index is 0.192. The van der Waals surface area contributed by atoms with Crippen molar-refractivity contribution in [2.75, 3.05) is 19.7 Å². The second-order valence-electron chi connectivity index (χ2n) is 5.92. The van der Waals surface area contributed by atoms with Gasteiger partial charge in [-0.15, -0.1) is 0 Å². The zero-order valence-electron chi connectivity index (χ0n) is 14.0. The molecule has 1 aliphatic heterocycles. The number of hydrogen-bond acceptors (Lipinski definition) is 3. The third kappa shape index (κ3) is 3.44. The Morgan fingerprint density at radius 1 is 1.35 bits per heavy atom. The largest absolute Gasteiger partial charge is 0.434 e. The van der Waals surface area contributed by atoms with Gasteiger partial charge in [0.05, 0.1) is 24.5 Å². The zero-order chi connectivity index (χ0) is 18.9. The summed E-state index contributed by atoms with van der Waals surface area (Å²) in [6, 6.07) is 4.97. The van der Waals surface area contributed by atoms with E-state index in [1.165, 1.54) is 23.1 Å². The number of halogens is 4. The third-order valence-electron chi connectivity index (χ3n) is 4.23. The summed E-state index contributed by atoms with van der Waals surface area (Å²) < 4.78 is 60.8. The molecular weight excluding hydrogens is 354 g/mol. The molecule has 1 amide bonds. The molecule has 140 valence electrons. The van der Waals surface area contributed by atoms with Crippen LogP contribution >= 0.6 is 0 Å². The summed E-state index contributed by atoms with van der Waals surface area (Å²) in [6.07, 6.45) is -3.61. The number of aromatic nitrogens is 2. The molecule has 1 aliphatic rings. The van der Waals surface area contributed by atoms with Crippen molar-refractivity contribution in [3.63, 3.8) is 0 Å². The predicted octanol–water partition coefficient (Wildman–Crippen LogP) is 3.28. The Labute approximate surface area is 147 Å². The predicted molar refractivity (Wildman–Crippen MR) is 84.5 cm³/mol. The van der Waals surface area contributed by atoms with Gasteiger partial charge >= 0.3 is 6.18 Å². The molecule has 1 saturated heterocycles. The molecular formula is C17H17F4N3O2. The number of alkyl halides is 3. The number of carbonyl (C=O) groups excluding carboxylic acids is 1. The highest BCUT2D eigenvalue weighted by Crippen LogP contribution is 2.34. The summed E-state index contributed by atoms with van der Waals surface area (Å²) in [4.78, 5) is 14.0. The first-order chi connectivity index (χ1) is 12.3. The van der Waals surface area contributed by atoms with Crippen LogP contribution in [0.25, 0.3) is 5.69 Å². The van der Waals surface area contributed by atoms with Gasteiger partial charge in [-0.1, -0.05) is 19.1 Å². The van der Waals surface area contributed by atoms with Gasteiger partial charge in [-0.3, -0.25) is 4.79 Å². The van der Waals surface area contributed by atoms with Crippen molar-refractivity contribution in [2.24, 2.45) is 0 Å². The monoisotopic (exact) mass is 371 g/mol. The topological polar surface area (TPSA) is 47.4 Å². The van der Waals surface area contributed by atoms with Crippen molar-refractivity contribution in [3.05, 3.63) is 47.5 Å². The first kappa shape index (κ1) is 18.4. The van der Waals surface area contributed by atoms with Crippen LogP contribution in [-0.4, -0.2) is 46.4 Å². The van der Waals surface area contributed by atoms with E-state index in [2.05, 4.69) is 5.10 Å². The van der Waals surface area contributed by atoms with E-state index in [1.54, 1.807) is 0 Å². The van der Waals surface area contributed by atoms with E-state index < -0.39 is 29.2 Å². The van der Waals surface area contributed by atoms with Crippen LogP contribution in [0.5, 0.6) is 0 Å². The lowest BCUT2D eigenvalue weighted by atomic mass is 10.1. The number of carbonyl (C=O) groups is 1. The van der Waals surface area contributed by atoms with Crippen LogP contribution in [0.4, 0.5) is 17.6 Å². The molecule has 26 heavy (non-hydrogen) atoms. The maximum absolute atomic E-state index is 14.0. The van der Waals surface area contributed by atoms with Crippen molar-refractivity contribution in [1.29, 1.82) is 0 Å². The average Bonchev–Trinajstić information content (AvgIpc) is 3.06. The van der Waals surface area contributed by atoms with Gasteiger partial charge in [0.1, 0.15) is 11.5 Å². The van der Waals surface area contributed by atoms with E-state index in [0.717, 1.165) is 12.3 Å². The molecule has 0 spiro atoms. The summed E-state index contributed by atoms with van der Waals surface area (Å²) in [7, 11) is 0. The Morgan fingerprint density at radius 3 is 2.73 bits per heavy atom. The second kappa shape index (κ2) is 7.06. The van der Waals surface area contributed by atoms with Crippen LogP contribution in [0.1, 0.15) is 29.4 Å². The van der Waals surface area contributed by atoms with Crippen LogP contribution in [-0.2, 0) is 10.9 Å². The van der Waals surface area contributed by atoms with Gasteiger partial charge in [0.15, 0.2) is 5.69 Å². The molecule has 2 aromatic rings. The quantitative estimate of drug-likeness (QED) is 0.778. The SMILES string of the molecule is CC[C@@H]1CN(C(=O)c2cnn(-c3ccccc3F)c2C(F)(F)F)CCO1. The van der Waals surface area contributed by atoms with Gasteiger partial charge in [-0.05, 0) is 18.6 Å². The highest BCUT2D eigenvalue weighted by Gasteiger charge is 2.42. The number of amides is 1. The van der Waals surface area contributed by atoms with Crippen molar-refractivity contribution in [3.8, 4) is 5.69 Å². The fourth-order valence-electron chi connectivity index (χ4n) is 2.90. The lowest BCUT2D eigenvalue weighted by molar-refractivity contribution is -0.143. The van der Waals surface area contributed by atoms with Crippen LogP contribution < -0.4 is 0 Å². The van der Waals surface area contributed by atoms with Gasteiger partial charge in [0.25, 0.3) is 5.91 Å². The van der Waals surface area contributed by atoms with Crippen LogP contribution in [0.3, 0.4) is 0 Å². The van der Waals surface area contributed by atoms with Crippen LogP contribution in [0, 0.1) is 5.82 Å². The van der Waals surface area contributed by atoms with E-state index in [9.17, 15) is 22.4 Å². The Kier molecular flexibility index (Phi) is 4.99. The van der Waals surface area contributed by atoms with E-state index in [1.807, 2.05) is 6.92 Å². The lowest BCUT2D eigenvalue weighted by Gasteiger charge is -2.32. The Bertz CT molecular complexity index is 804. The molecule has 1 aromatic carbocycles. The summed E-state index contributed by atoms with van der Waals surface area (Å²) in [5.41, 5.74) is -2.25. The molecule has 0 N–H and O–H groups in total. The lowest BCUT2D eigenvalue weighted by Crippen LogP contribution is -2.45. The first-order valence-corrected chi connectivity index (χ1v) is 8.14. The zero-order valence-corrected chi connectivity index (χ0v) is 14.0. The number of benzene rings is 1. The first-order valence-electron chi connectivity index (χ1n) is 8.14. The average molecular weight is 371 g/mol. The number of rotatable bonds is 3. The molecule has 1 atom stereocenters.